The van der Waals surface area contributed by atoms with Gasteiger partial charge < -0.3 is 5.32 Å². The van der Waals surface area contributed by atoms with Crippen LogP contribution in [0.5, 0.6) is 0 Å². The molecule has 0 spiro atoms. The Kier molecular flexibility index (Phi) is 3.73. The van der Waals surface area contributed by atoms with Gasteiger partial charge in [0.1, 0.15) is 0 Å². The lowest BCUT2D eigenvalue weighted by Crippen LogP contribution is -2.36. The van der Waals surface area contributed by atoms with E-state index in [1.165, 1.54) is 37.1 Å². The van der Waals surface area contributed by atoms with Gasteiger partial charge in [-0.1, -0.05) is 19.4 Å². The lowest BCUT2D eigenvalue weighted by molar-refractivity contribution is 0.396. The van der Waals surface area contributed by atoms with Crippen LogP contribution in [0.1, 0.15) is 37.4 Å². The van der Waals surface area contributed by atoms with Crippen molar-refractivity contribution in [1.82, 2.24) is 10.3 Å². The molecule has 1 saturated heterocycles. The van der Waals surface area contributed by atoms with Gasteiger partial charge in [0.25, 0.3) is 0 Å². The predicted molar refractivity (Wildman–Crippen MR) is 63.0 cm³/mol. The maximum atomic E-state index is 4.50. The van der Waals surface area contributed by atoms with Crippen LogP contribution in [-0.2, 0) is 12.8 Å². The summed E-state index contributed by atoms with van der Waals surface area (Å²) in [5, 5.41) is 3.58. The molecular formula is C13H20N2. The Hall–Kier alpha value is -0.890. The first kappa shape index (κ1) is 10.6. The Morgan fingerprint density at radius 2 is 2.40 bits per heavy atom. The summed E-state index contributed by atoms with van der Waals surface area (Å²) in [6.45, 7) is 3.38. The summed E-state index contributed by atoms with van der Waals surface area (Å²) < 4.78 is 0. The van der Waals surface area contributed by atoms with Crippen molar-refractivity contribution < 1.29 is 0 Å². The fourth-order valence-corrected chi connectivity index (χ4v) is 2.31. The Morgan fingerprint density at radius 1 is 1.47 bits per heavy atom. The number of hydrogen-bond acceptors (Lipinski definition) is 2. The lowest BCUT2D eigenvalue weighted by Gasteiger charge is -2.23. The molecule has 0 bridgehead atoms. The molecule has 1 aromatic rings. The van der Waals surface area contributed by atoms with Crippen molar-refractivity contribution in [3.05, 3.63) is 29.6 Å². The van der Waals surface area contributed by atoms with Crippen LogP contribution in [0.25, 0.3) is 0 Å². The molecule has 2 rings (SSSR count). The topological polar surface area (TPSA) is 24.9 Å². The van der Waals surface area contributed by atoms with Crippen molar-refractivity contribution in [2.45, 2.75) is 45.1 Å². The number of pyridine rings is 1. The minimum Gasteiger partial charge on any atom is -0.314 e. The Morgan fingerprint density at radius 3 is 3.13 bits per heavy atom. The highest BCUT2D eigenvalue weighted by Gasteiger charge is 2.14. The van der Waals surface area contributed by atoms with E-state index < -0.39 is 0 Å². The molecule has 0 saturated carbocycles. The van der Waals surface area contributed by atoms with Crippen LogP contribution in [0.15, 0.2) is 18.3 Å². The largest absolute Gasteiger partial charge is 0.314 e. The zero-order valence-electron chi connectivity index (χ0n) is 9.50. The van der Waals surface area contributed by atoms with Crippen LogP contribution < -0.4 is 5.32 Å². The van der Waals surface area contributed by atoms with E-state index in [9.17, 15) is 0 Å². The van der Waals surface area contributed by atoms with Crippen molar-refractivity contribution in [2.24, 2.45) is 0 Å². The first-order valence-electron chi connectivity index (χ1n) is 6.06. The van der Waals surface area contributed by atoms with Crippen molar-refractivity contribution in [1.29, 1.82) is 0 Å². The fourth-order valence-electron chi connectivity index (χ4n) is 2.31. The molecule has 2 heterocycles. The molecule has 2 nitrogen and oxygen atoms in total. The highest BCUT2D eigenvalue weighted by atomic mass is 14.9. The molecule has 1 aliphatic rings. The summed E-state index contributed by atoms with van der Waals surface area (Å²) in [6.07, 6.45) is 8.11. The maximum Gasteiger partial charge on any atom is 0.0450 e. The van der Waals surface area contributed by atoms with E-state index in [-0.39, 0.29) is 0 Å². The summed E-state index contributed by atoms with van der Waals surface area (Å²) in [5.74, 6) is 0. The second-order valence-corrected chi connectivity index (χ2v) is 4.31. The fraction of sp³-hybridized carbons (Fsp3) is 0.615. The van der Waals surface area contributed by atoms with Crippen molar-refractivity contribution in [3.8, 4) is 0 Å². The third kappa shape index (κ3) is 2.78. The van der Waals surface area contributed by atoms with Gasteiger partial charge in [0, 0.05) is 24.4 Å². The minimum absolute atomic E-state index is 0.652. The molecule has 1 N–H and O–H groups in total. The number of aromatic nitrogens is 1. The maximum absolute atomic E-state index is 4.50. The van der Waals surface area contributed by atoms with E-state index >= 15 is 0 Å². The predicted octanol–water partition coefficient (Wildman–Crippen LogP) is 2.33. The summed E-state index contributed by atoms with van der Waals surface area (Å²) in [6, 6.07) is 4.89. The van der Waals surface area contributed by atoms with Crippen LogP contribution in [0, 0.1) is 0 Å². The smallest absolute Gasteiger partial charge is 0.0450 e. The van der Waals surface area contributed by atoms with E-state index in [4.69, 9.17) is 0 Å². The van der Waals surface area contributed by atoms with Crippen molar-refractivity contribution >= 4 is 0 Å². The van der Waals surface area contributed by atoms with Crippen molar-refractivity contribution in [2.75, 3.05) is 6.54 Å². The Labute approximate surface area is 92.1 Å². The average Bonchev–Trinajstić information content (AvgIpc) is 2.31. The molecule has 1 aromatic heterocycles. The summed E-state index contributed by atoms with van der Waals surface area (Å²) in [5.41, 5.74) is 2.70. The first-order chi connectivity index (χ1) is 7.40. The monoisotopic (exact) mass is 204 g/mol. The third-order valence-electron chi connectivity index (χ3n) is 3.22. The number of aryl methyl sites for hydroxylation is 1. The standard InChI is InChI=1S/C13H20N2/c1-2-11-6-5-9-15-13(11)10-12-7-3-4-8-14-12/h5-6,9,12,14H,2-4,7-8,10H2,1H3. The molecule has 2 heteroatoms. The van der Waals surface area contributed by atoms with E-state index in [0.29, 0.717) is 6.04 Å². The zero-order valence-corrected chi connectivity index (χ0v) is 9.50. The number of nitrogens with zero attached hydrogens (tertiary/aromatic N) is 1. The normalized spacial score (nSPS) is 21.5. The van der Waals surface area contributed by atoms with Crippen LogP contribution in [-0.4, -0.2) is 17.6 Å². The summed E-state index contributed by atoms with van der Waals surface area (Å²) >= 11 is 0. The van der Waals surface area contributed by atoms with Crippen LogP contribution in [0.2, 0.25) is 0 Å². The Bertz CT molecular complexity index is 303. The van der Waals surface area contributed by atoms with Gasteiger partial charge >= 0.3 is 0 Å². The second-order valence-electron chi connectivity index (χ2n) is 4.31. The van der Waals surface area contributed by atoms with Gasteiger partial charge in [-0.2, -0.15) is 0 Å². The third-order valence-corrected chi connectivity index (χ3v) is 3.22. The van der Waals surface area contributed by atoms with Gasteiger partial charge in [0.15, 0.2) is 0 Å². The first-order valence-corrected chi connectivity index (χ1v) is 6.06. The minimum atomic E-state index is 0.652. The van der Waals surface area contributed by atoms with E-state index in [1.807, 2.05) is 12.3 Å². The van der Waals surface area contributed by atoms with Crippen LogP contribution >= 0.6 is 0 Å². The molecule has 1 unspecified atom stereocenters. The molecular weight excluding hydrogens is 184 g/mol. The van der Waals surface area contributed by atoms with Crippen LogP contribution in [0.4, 0.5) is 0 Å². The molecule has 15 heavy (non-hydrogen) atoms. The number of piperidine rings is 1. The molecule has 0 amide bonds. The molecule has 0 aliphatic carbocycles. The van der Waals surface area contributed by atoms with E-state index in [2.05, 4.69) is 23.3 Å². The molecule has 1 atom stereocenters. The average molecular weight is 204 g/mol. The van der Waals surface area contributed by atoms with Gasteiger partial charge in [-0.3, -0.25) is 4.98 Å². The number of hydrogen-bond donors (Lipinski definition) is 1. The molecule has 1 fully saturated rings. The quantitative estimate of drug-likeness (QED) is 0.817. The van der Waals surface area contributed by atoms with E-state index in [0.717, 1.165) is 12.8 Å². The van der Waals surface area contributed by atoms with E-state index in [1.54, 1.807) is 0 Å². The SMILES string of the molecule is CCc1cccnc1CC1CCCCN1. The van der Waals surface area contributed by atoms with Gasteiger partial charge in [0.2, 0.25) is 0 Å². The van der Waals surface area contributed by atoms with Gasteiger partial charge in [-0.05, 0) is 37.4 Å². The molecule has 1 aliphatic heterocycles. The second kappa shape index (κ2) is 5.26. The molecule has 0 radical (unpaired) electrons. The van der Waals surface area contributed by atoms with Gasteiger partial charge in [0.05, 0.1) is 0 Å². The van der Waals surface area contributed by atoms with Crippen molar-refractivity contribution in [3.63, 3.8) is 0 Å². The number of nitrogens with one attached hydrogen (secondary N) is 1. The number of rotatable bonds is 3. The molecule has 0 aromatic carbocycles. The zero-order chi connectivity index (χ0) is 10.5. The lowest BCUT2D eigenvalue weighted by atomic mass is 9.97. The highest BCUT2D eigenvalue weighted by Crippen LogP contribution is 2.14. The highest BCUT2D eigenvalue weighted by molar-refractivity contribution is 5.20. The summed E-state index contributed by atoms with van der Waals surface area (Å²) in [7, 11) is 0. The van der Waals surface area contributed by atoms with Crippen LogP contribution in [0.3, 0.4) is 0 Å². The molecule has 82 valence electrons. The van der Waals surface area contributed by atoms with Gasteiger partial charge in [-0.15, -0.1) is 0 Å². The summed E-state index contributed by atoms with van der Waals surface area (Å²) in [4.78, 5) is 4.50. The van der Waals surface area contributed by atoms with Gasteiger partial charge in [-0.25, -0.2) is 0 Å². The Balaban J connectivity index is 2.02.